The van der Waals surface area contributed by atoms with Crippen LogP contribution < -0.4 is 4.90 Å². The van der Waals surface area contributed by atoms with Gasteiger partial charge >= 0.3 is 6.18 Å². The van der Waals surface area contributed by atoms with E-state index in [0.717, 1.165) is 28.7 Å². The second-order valence-corrected chi connectivity index (χ2v) is 11.2. The summed E-state index contributed by atoms with van der Waals surface area (Å²) in [5.74, 6) is -0.406. The number of fused-ring (bicyclic) bond motifs is 2. The number of likely N-dealkylation sites (N-methyl/N-ethyl adjacent to an activating group) is 1. The van der Waals surface area contributed by atoms with Crippen LogP contribution in [-0.2, 0) is 25.7 Å². The Hall–Kier alpha value is -5.18. The van der Waals surface area contributed by atoms with Gasteiger partial charge in [-0.25, -0.2) is 0 Å². The summed E-state index contributed by atoms with van der Waals surface area (Å²) < 4.78 is 43.1. The third-order valence-electron chi connectivity index (χ3n) is 8.24. The van der Waals surface area contributed by atoms with Crippen LogP contribution in [0.4, 0.5) is 18.9 Å². The quantitative estimate of drug-likeness (QED) is 0.202. The van der Waals surface area contributed by atoms with Crippen molar-refractivity contribution in [2.24, 2.45) is 0 Å². The predicted molar refractivity (Wildman–Crippen MR) is 167 cm³/mol. The number of alkyl halides is 3. The molecule has 6 rings (SSSR count). The maximum absolute atomic E-state index is 14.1. The lowest BCUT2D eigenvalue weighted by atomic mass is 9.94. The molecule has 2 aromatic heterocycles. The number of carbonyl (C=O) groups is 2. The van der Waals surface area contributed by atoms with Crippen LogP contribution in [0.3, 0.4) is 0 Å². The number of hydrogen-bond donors (Lipinski definition) is 0. The second-order valence-electron chi connectivity index (χ2n) is 11.2. The monoisotopic (exact) mass is 608 g/mol. The van der Waals surface area contributed by atoms with Crippen LogP contribution in [0.15, 0.2) is 103 Å². The standard InChI is InChI=1S/C36H31F3N4O2/c1-24-21-25(14-16-29(24)30-11-4-5-12-31(30)36(37,38)39)34(44)43-23-28-15-17-33(42(28)22-26-9-3-6-13-32(26)43)35(45)41(2)20-18-27-10-7-8-19-40-27/h3-17,19,21H,18,20,22-23H2,1-2H3. The van der Waals surface area contributed by atoms with Crippen molar-refractivity contribution in [2.75, 3.05) is 18.5 Å². The van der Waals surface area contributed by atoms with Gasteiger partial charge in [-0.2, -0.15) is 13.2 Å². The third kappa shape index (κ3) is 5.98. The van der Waals surface area contributed by atoms with Crippen molar-refractivity contribution in [1.82, 2.24) is 14.5 Å². The van der Waals surface area contributed by atoms with E-state index >= 15 is 0 Å². The van der Waals surface area contributed by atoms with E-state index in [2.05, 4.69) is 4.98 Å². The molecule has 9 heteroatoms. The van der Waals surface area contributed by atoms with E-state index in [-0.39, 0.29) is 23.9 Å². The number of pyridine rings is 1. The van der Waals surface area contributed by atoms with Crippen molar-refractivity contribution in [3.63, 3.8) is 0 Å². The summed E-state index contributed by atoms with van der Waals surface area (Å²) in [6.07, 6.45) is -2.14. The predicted octanol–water partition coefficient (Wildman–Crippen LogP) is 7.40. The zero-order chi connectivity index (χ0) is 31.7. The Morgan fingerprint density at radius 1 is 0.867 bits per heavy atom. The fourth-order valence-corrected chi connectivity index (χ4v) is 5.87. The first kappa shape index (κ1) is 29.9. The summed E-state index contributed by atoms with van der Waals surface area (Å²) in [6, 6.07) is 27.2. The molecule has 6 nitrogen and oxygen atoms in total. The highest BCUT2D eigenvalue weighted by Crippen LogP contribution is 2.38. The Kier molecular flexibility index (Phi) is 8.01. The number of anilines is 1. The topological polar surface area (TPSA) is 58.4 Å². The lowest BCUT2D eigenvalue weighted by Gasteiger charge is -2.23. The molecule has 2 amide bonds. The van der Waals surface area contributed by atoms with Crippen LogP contribution in [-0.4, -0.2) is 39.9 Å². The Morgan fingerprint density at radius 2 is 1.62 bits per heavy atom. The van der Waals surface area contributed by atoms with E-state index in [1.165, 1.54) is 12.1 Å². The van der Waals surface area contributed by atoms with Crippen molar-refractivity contribution >= 4 is 17.5 Å². The minimum atomic E-state index is -4.50. The Bertz CT molecular complexity index is 1880. The van der Waals surface area contributed by atoms with Crippen LogP contribution in [0.25, 0.3) is 11.1 Å². The van der Waals surface area contributed by atoms with E-state index in [1.807, 2.05) is 53.1 Å². The summed E-state index contributed by atoms with van der Waals surface area (Å²) in [5.41, 5.74) is 4.52. The Morgan fingerprint density at radius 3 is 2.38 bits per heavy atom. The lowest BCUT2D eigenvalue weighted by Crippen LogP contribution is -2.31. The minimum absolute atomic E-state index is 0.0710. The van der Waals surface area contributed by atoms with Gasteiger partial charge in [0.1, 0.15) is 5.69 Å². The van der Waals surface area contributed by atoms with E-state index in [1.54, 1.807) is 60.3 Å². The van der Waals surface area contributed by atoms with Gasteiger partial charge in [0.2, 0.25) is 0 Å². The molecule has 5 aromatic rings. The highest BCUT2D eigenvalue weighted by Gasteiger charge is 2.34. The van der Waals surface area contributed by atoms with E-state index in [9.17, 15) is 22.8 Å². The zero-order valence-electron chi connectivity index (χ0n) is 24.9. The number of aryl methyl sites for hydroxylation is 1. The highest BCUT2D eigenvalue weighted by molar-refractivity contribution is 6.07. The fourth-order valence-electron chi connectivity index (χ4n) is 5.87. The third-order valence-corrected chi connectivity index (χ3v) is 8.24. The van der Waals surface area contributed by atoms with Crippen LogP contribution >= 0.6 is 0 Å². The number of nitrogens with zero attached hydrogens (tertiary/aromatic N) is 4. The first-order chi connectivity index (χ1) is 21.6. The minimum Gasteiger partial charge on any atom is -0.340 e. The summed E-state index contributed by atoms with van der Waals surface area (Å²) in [4.78, 5) is 35.3. The number of hydrogen-bond acceptors (Lipinski definition) is 3. The van der Waals surface area contributed by atoms with Gasteiger partial charge in [0.15, 0.2) is 0 Å². The van der Waals surface area contributed by atoms with Crippen LogP contribution in [0.1, 0.15) is 48.9 Å². The molecule has 3 aromatic carbocycles. The number of aromatic nitrogens is 2. The number of carbonyl (C=O) groups excluding carboxylic acids is 2. The Balaban J connectivity index is 1.29. The van der Waals surface area contributed by atoms with Crippen LogP contribution in [0.2, 0.25) is 0 Å². The molecular formula is C36H31F3N4O2. The molecule has 3 heterocycles. The molecule has 0 N–H and O–H groups in total. The van der Waals surface area contributed by atoms with Gasteiger partial charge in [0.05, 0.1) is 18.7 Å². The number of para-hydroxylation sites is 1. The summed E-state index contributed by atoms with van der Waals surface area (Å²) >= 11 is 0. The summed E-state index contributed by atoms with van der Waals surface area (Å²) in [7, 11) is 1.77. The molecule has 0 spiro atoms. The molecule has 45 heavy (non-hydrogen) atoms. The first-order valence-corrected chi connectivity index (χ1v) is 14.6. The first-order valence-electron chi connectivity index (χ1n) is 14.6. The molecular weight excluding hydrogens is 577 g/mol. The molecule has 0 fully saturated rings. The molecule has 0 atom stereocenters. The van der Waals surface area contributed by atoms with E-state index in [4.69, 9.17) is 0 Å². The molecule has 0 aliphatic carbocycles. The SMILES string of the molecule is Cc1cc(C(=O)N2Cc3ccc(C(=O)N(C)CCc4ccccn4)n3Cc3ccccc32)ccc1-c1ccccc1C(F)(F)F. The van der Waals surface area contributed by atoms with E-state index < -0.39 is 11.7 Å². The van der Waals surface area contributed by atoms with Crippen LogP contribution in [0, 0.1) is 6.92 Å². The van der Waals surface area contributed by atoms with Crippen molar-refractivity contribution in [3.8, 4) is 11.1 Å². The molecule has 0 unspecified atom stereocenters. The molecule has 0 radical (unpaired) electrons. The van der Waals surface area contributed by atoms with Gasteiger partial charge < -0.3 is 14.4 Å². The average Bonchev–Trinajstić information content (AvgIpc) is 3.35. The molecule has 0 bridgehead atoms. The Labute approximate surface area is 259 Å². The largest absolute Gasteiger partial charge is 0.417 e. The van der Waals surface area contributed by atoms with Crippen molar-refractivity contribution in [2.45, 2.75) is 32.6 Å². The van der Waals surface area contributed by atoms with Crippen LogP contribution in [0.5, 0.6) is 0 Å². The number of amides is 2. The number of halogens is 3. The number of benzene rings is 3. The molecule has 0 saturated heterocycles. The normalized spacial score (nSPS) is 12.7. The summed E-state index contributed by atoms with van der Waals surface area (Å²) in [6.45, 7) is 2.84. The average molecular weight is 609 g/mol. The molecule has 1 aliphatic heterocycles. The van der Waals surface area contributed by atoms with Gasteiger partial charge in [-0.3, -0.25) is 14.6 Å². The number of rotatable bonds is 6. The molecule has 0 saturated carbocycles. The molecule has 1 aliphatic rings. The lowest BCUT2D eigenvalue weighted by molar-refractivity contribution is -0.137. The van der Waals surface area contributed by atoms with Gasteiger partial charge in [-0.1, -0.05) is 48.5 Å². The van der Waals surface area contributed by atoms with Crippen molar-refractivity contribution in [3.05, 3.63) is 143 Å². The maximum atomic E-state index is 14.1. The summed E-state index contributed by atoms with van der Waals surface area (Å²) in [5, 5.41) is 0. The van der Waals surface area contributed by atoms with Gasteiger partial charge in [-0.05, 0) is 77.7 Å². The van der Waals surface area contributed by atoms with Crippen molar-refractivity contribution < 1.29 is 22.8 Å². The maximum Gasteiger partial charge on any atom is 0.417 e. The molecule has 228 valence electrons. The fraction of sp³-hybridized carbons (Fsp3) is 0.194. The second kappa shape index (κ2) is 12.1. The van der Waals surface area contributed by atoms with E-state index in [0.29, 0.717) is 41.9 Å². The van der Waals surface area contributed by atoms with Crippen molar-refractivity contribution in [1.29, 1.82) is 0 Å². The smallest absolute Gasteiger partial charge is 0.340 e. The van der Waals surface area contributed by atoms with Gasteiger partial charge in [0, 0.05) is 48.8 Å². The van der Waals surface area contributed by atoms with Gasteiger partial charge in [0.25, 0.3) is 11.8 Å². The zero-order valence-corrected chi connectivity index (χ0v) is 24.9. The van der Waals surface area contributed by atoms with Gasteiger partial charge in [-0.15, -0.1) is 0 Å². The highest BCUT2D eigenvalue weighted by atomic mass is 19.4.